The molecule has 2 rings (SSSR count). The van der Waals surface area contributed by atoms with Crippen LogP contribution in [-0.4, -0.2) is 18.3 Å². The predicted octanol–water partition coefficient (Wildman–Crippen LogP) is 4.99. The summed E-state index contributed by atoms with van der Waals surface area (Å²) in [4.78, 5) is 0. The summed E-state index contributed by atoms with van der Waals surface area (Å²) in [7, 11) is 0. The monoisotopic (exact) mass is 390 g/mol. The van der Waals surface area contributed by atoms with Crippen LogP contribution in [0.4, 0.5) is 0 Å². The molecule has 1 aromatic carbocycles. The Morgan fingerprint density at radius 3 is 2.74 bits per heavy atom. The highest BCUT2D eigenvalue weighted by Gasteiger charge is 2.32. The van der Waals surface area contributed by atoms with Gasteiger partial charge in [-0.05, 0) is 51.3 Å². The summed E-state index contributed by atoms with van der Waals surface area (Å²) < 4.78 is 13.1. The highest BCUT2D eigenvalue weighted by Crippen LogP contribution is 2.32. The van der Waals surface area contributed by atoms with Crippen LogP contribution in [0.3, 0.4) is 0 Å². The van der Waals surface area contributed by atoms with Crippen molar-refractivity contribution in [2.45, 2.75) is 50.6 Å². The van der Waals surface area contributed by atoms with Crippen molar-refractivity contribution >= 4 is 31.9 Å². The number of halogens is 2. The van der Waals surface area contributed by atoms with E-state index in [1.807, 2.05) is 0 Å². The van der Waals surface area contributed by atoms with Gasteiger partial charge in [-0.3, -0.25) is 0 Å². The molecule has 0 aromatic heterocycles. The smallest absolute Gasteiger partial charge is 0.126 e. The average molecular weight is 392 g/mol. The Hall–Kier alpha value is -0.0600. The largest absolute Gasteiger partial charge is 0.490 e. The molecule has 1 unspecified atom stereocenters. The van der Waals surface area contributed by atoms with Gasteiger partial charge in [-0.15, -0.1) is 0 Å². The molecule has 1 atom stereocenters. The molecule has 2 nitrogen and oxygen atoms in total. The SMILES string of the molecule is Cc1cc(Br)cc(CBr)c1OCC1CCC(C)(C)O1. The summed E-state index contributed by atoms with van der Waals surface area (Å²) >= 11 is 7.04. The van der Waals surface area contributed by atoms with Crippen LogP contribution in [0.2, 0.25) is 0 Å². The van der Waals surface area contributed by atoms with Gasteiger partial charge < -0.3 is 9.47 Å². The third kappa shape index (κ3) is 3.96. The van der Waals surface area contributed by atoms with E-state index in [2.05, 4.69) is 64.8 Å². The Bertz CT molecular complexity index is 458. The first-order chi connectivity index (χ1) is 8.91. The van der Waals surface area contributed by atoms with E-state index in [9.17, 15) is 0 Å². The van der Waals surface area contributed by atoms with Crippen molar-refractivity contribution in [3.05, 3.63) is 27.7 Å². The molecule has 0 aliphatic carbocycles. The quantitative estimate of drug-likeness (QED) is 0.673. The number of benzene rings is 1. The first-order valence-corrected chi connectivity index (χ1v) is 8.48. The molecule has 4 heteroatoms. The number of hydrogen-bond acceptors (Lipinski definition) is 2. The zero-order chi connectivity index (χ0) is 14.0. The maximum absolute atomic E-state index is 6.02. The zero-order valence-electron chi connectivity index (χ0n) is 11.6. The van der Waals surface area contributed by atoms with Crippen LogP contribution in [0.5, 0.6) is 5.75 Å². The van der Waals surface area contributed by atoms with E-state index >= 15 is 0 Å². The Labute approximate surface area is 132 Å². The maximum Gasteiger partial charge on any atom is 0.126 e. The van der Waals surface area contributed by atoms with Gasteiger partial charge in [0.05, 0.1) is 11.7 Å². The van der Waals surface area contributed by atoms with E-state index in [1.54, 1.807) is 0 Å². The number of rotatable bonds is 4. The van der Waals surface area contributed by atoms with Gasteiger partial charge in [0.2, 0.25) is 0 Å². The molecule has 19 heavy (non-hydrogen) atoms. The zero-order valence-corrected chi connectivity index (χ0v) is 14.8. The van der Waals surface area contributed by atoms with Crippen LogP contribution >= 0.6 is 31.9 Å². The fraction of sp³-hybridized carbons (Fsp3) is 0.600. The van der Waals surface area contributed by atoms with Crippen LogP contribution in [0.25, 0.3) is 0 Å². The second kappa shape index (κ2) is 6.15. The lowest BCUT2D eigenvalue weighted by Crippen LogP contribution is -2.24. The molecular formula is C15H20Br2O2. The molecule has 1 fully saturated rings. The number of aryl methyl sites for hydroxylation is 1. The van der Waals surface area contributed by atoms with Gasteiger partial charge in [0.1, 0.15) is 12.4 Å². The van der Waals surface area contributed by atoms with Gasteiger partial charge in [0.15, 0.2) is 0 Å². The summed E-state index contributed by atoms with van der Waals surface area (Å²) in [6.45, 7) is 6.99. The Morgan fingerprint density at radius 2 is 2.16 bits per heavy atom. The first kappa shape index (κ1) is 15.3. The molecule has 1 heterocycles. The standard InChI is InChI=1S/C15H20Br2O2/c1-10-6-12(17)7-11(8-16)14(10)18-9-13-4-5-15(2,3)19-13/h6-7,13H,4-5,8-9H2,1-3H3. The molecule has 1 aliphatic heterocycles. The summed E-state index contributed by atoms with van der Waals surface area (Å²) in [5.74, 6) is 0.980. The Balaban J connectivity index is 2.04. The molecule has 0 spiro atoms. The Morgan fingerprint density at radius 1 is 1.42 bits per heavy atom. The van der Waals surface area contributed by atoms with Crippen LogP contribution in [0, 0.1) is 6.92 Å². The fourth-order valence-electron chi connectivity index (χ4n) is 2.48. The predicted molar refractivity (Wildman–Crippen MR) is 85.2 cm³/mol. The molecule has 0 amide bonds. The Kier molecular flexibility index (Phi) is 4.96. The lowest BCUT2D eigenvalue weighted by atomic mass is 10.1. The van der Waals surface area contributed by atoms with Crippen molar-refractivity contribution in [3.63, 3.8) is 0 Å². The summed E-state index contributed by atoms with van der Waals surface area (Å²) in [5.41, 5.74) is 2.33. The minimum absolute atomic E-state index is 0.00103. The second-order valence-corrected chi connectivity index (χ2v) is 7.17. The van der Waals surface area contributed by atoms with Gasteiger partial charge >= 0.3 is 0 Å². The van der Waals surface area contributed by atoms with E-state index in [4.69, 9.17) is 9.47 Å². The topological polar surface area (TPSA) is 18.5 Å². The highest BCUT2D eigenvalue weighted by atomic mass is 79.9. The second-order valence-electron chi connectivity index (χ2n) is 5.69. The lowest BCUT2D eigenvalue weighted by molar-refractivity contribution is -0.0328. The summed E-state index contributed by atoms with van der Waals surface area (Å²) in [6, 6.07) is 4.18. The highest BCUT2D eigenvalue weighted by molar-refractivity contribution is 9.10. The van der Waals surface area contributed by atoms with E-state index in [0.29, 0.717) is 6.61 Å². The van der Waals surface area contributed by atoms with E-state index < -0.39 is 0 Å². The molecule has 0 radical (unpaired) electrons. The van der Waals surface area contributed by atoms with Gasteiger partial charge in [-0.1, -0.05) is 31.9 Å². The van der Waals surface area contributed by atoms with Crippen molar-refractivity contribution in [1.82, 2.24) is 0 Å². The van der Waals surface area contributed by atoms with Crippen molar-refractivity contribution < 1.29 is 9.47 Å². The van der Waals surface area contributed by atoms with Crippen LogP contribution < -0.4 is 4.74 Å². The molecule has 106 valence electrons. The van der Waals surface area contributed by atoms with E-state index in [1.165, 1.54) is 5.56 Å². The minimum atomic E-state index is 0.00103. The van der Waals surface area contributed by atoms with E-state index in [-0.39, 0.29) is 11.7 Å². The number of ether oxygens (including phenoxy) is 2. The lowest BCUT2D eigenvalue weighted by Gasteiger charge is -2.20. The molecular weight excluding hydrogens is 372 g/mol. The molecule has 0 bridgehead atoms. The van der Waals surface area contributed by atoms with Crippen LogP contribution in [0.15, 0.2) is 16.6 Å². The minimum Gasteiger partial charge on any atom is -0.490 e. The summed E-state index contributed by atoms with van der Waals surface area (Å²) in [5, 5.41) is 0.791. The van der Waals surface area contributed by atoms with Gasteiger partial charge in [0, 0.05) is 15.4 Å². The first-order valence-electron chi connectivity index (χ1n) is 6.57. The molecule has 0 saturated carbocycles. The molecule has 1 saturated heterocycles. The molecule has 0 N–H and O–H groups in total. The van der Waals surface area contributed by atoms with Crippen molar-refractivity contribution in [1.29, 1.82) is 0 Å². The van der Waals surface area contributed by atoms with Crippen LogP contribution in [0.1, 0.15) is 37.8 Å². The van der Waals surface area contributed by atoms with Crippen molar-refractivity contribution in [3.8, 4) is 5.75 Å². The van der Waals surface area contributed by atoms with Gasteiger partial charge in [-0.25, -0.2) is 0 Å². The van der Waals surface area contributed by atoms with Crippen molar-refractivity contribution in [2.75, 3.05) is 6.61 Å². The van der Waals surface area contributed by atoms with E-state index in [0.717, 1.165) is 34.0 Å². The van der Waals surface area contributed by atoms with Gasteiger partial charge in [-0.2, -0.15) is 0 Å². The normalized spacial score (nSPS) is 21.6. The third-order valence-corrected chi connectivity index (χ3v) is 4.49. The fourth-order valence-corrected chi connectivity index (χ4v) is 3.51. The van der Waals surface area contributed by atoms with Crippen molar-refractivity contribution in [2.24, 2.45) is 0 Å². The molecule has 1 aromatic rings. The van der Waals surface area contributed by atoms with Crippen LogP contribution in [-0.2, 0) is 10.1 Å². The number of hydrogen-bond donors (Lipinski definition) is 0. The average Bonchev–Trinajstić information content (AvgIpc) is 2.67. The number of alkyl halides is 1. The maximum atomic E-state index is 6.02. The third-order valence-electron chi connectivity index (χ3n) is 3.43. The summed E-state index contributed by atoms with van der Waals surface area (Å²) in [6.07, 6.45) is 2.39. The van der Waals surface area contributed by atoms with Gasteiger partial charge in [0.25, 0.3) is 0 Å². The molecule has 1 aliphatic rings.